The van der Waals surface area contributed by atoms with E-state index in [0.29, 0.717) is 6.61 Å². The minimum absolute atomic E-state index is 0.176. The molecule has 0 N–H and O–H groups in total. The molecule has 2 nitrogen and oxygen atoms in total. The van der Waals surface area contributed by atoms with Gasteiger partial charge in [0.1, 0.15) is 6.07 Å². The highest BCUT2D eigenvalue weighted by molar-refractivity contribution is 9.10. The smallest absolute Gasteiger partial charge is 0.180 e. The molecule has 0 saturated heterocycles. The lowest BCUT2D eigenvalue weighted by Crippen LogP contribution is -2.00. The normalized spacial score (nSPS) is 10.2. The third-order valence-corrected chi connectivity index (χ3v) is 3.70. The van der Waals surface area contributed by atoms with Crippen LogP contribution in [0.3, 0.4) is 0 Å². The summed E-state index contributed by atoms with van der Waals surface area (Å²) in [5, 5.41) is 8.76. The van der Waals surface area contributed by atoms with E-state index in [1.165, 1.54) is 31.7 Å². The van der Waals surface area contributed by atoms with E-state index in [-0.39, 0.29) is 15.8 Å². The lowest BCUT2D eigenvalue weighted by Gasteiger charge is -2.08. The van der Waals surface area contributed by atoms with Crippen molar-refractivity contribution in [2.75, 3.05) is 6.61 Å². The second kappa shape index (κ2) is 8.92. The first-order valence-electron chi connectivity index (χ1n) is 6.71. The number of hydrogen-bond acceptors (Lipinski definition) is 2. The summed E-state index contributed by atoms with van der Waals surface area (Å²) in [5.41, 5.74) is 0.282. The average Bonchev–Trinajstić information content (AvgIpc) is 2.42. The van der Waals surface area contributed by atoms with Gasteiger partial charge in [0.2, 0.25) is 0 Å². The number of nitrogens with zero attached hydrogens (tertiary/aromatic N) is 1. The van der Waals surface area contributed by atoms with Gasteiger partial charge in [-0.1, -0.05) is 39.0 Å². The average molecular weight is 328 g/mol. The Morgan fingerprint density at radius 1 is 1.21 bits per heavy atom. The van der Waals surface area contributed by atoms with Gasteiger partial charge in [0.15, 0.2) is 11.6 Å². The molecule has 0 spiro atoms. The molecule has 0 fully saturated rings. The Kier molecular flexibility index (Phi) is 7.50. The number of unbranched alkanes of at least 4 members (excludes halogenated alkanes) is 5. The molecule has 0 bridgehead atoms. The lowest BCUT2D eigenvalue weighted by molar-refractivity contribution is 0.289. The van der Waals surface area contributed by atoms with Crippen molar-refractivity contribution in [3.63, 3.8) is 0 Å². The van der Waals surface area contributed by atoms with Crippen molar-refractivity contribution in [1.29, 1.82) is 5.26 Å². The Balaban J connectivity index is 2.34. The molecule has 0 aliphatic carbocycles. The number of hydrogen-bond donors (Lipinski definition) is 0. The summed E-state index contributed by atoms with van der Waals surface area (Å²) in [7, 11) is 0. The van der Waals surface area contributed by atoms with Crippen LogP contribution in [0.5, 0.6) is 5.75 Å². The Labute approximate surface area is 122 Å². The number of halogens is 2. The van der Waals surface area contributed by atoms with Gasteiger partial charge in [-0.3, -0.25) is 0 Å². The third-order valence-electron chi connectivity index (χ3n) is 2.92. The first-order valence-corrected chi connectivity index (χ1v) is 7.51. The molecule has 4 heteroatoms. The number of rotatable bonds is 8. The van der Waals surface area contributed by atoms with Gasteiger partial charge in [0, 0.05) is 0 Å². The molecular formula is C15H19BrFNO. The van der Waals surface area contributed by atoms with Crippen LogP contribution in [-0.4, -0.2) is 6.61 Å². The SMILES string of the molecule is CCCCCCCCOc1ccc(C#N)c(Br)c1F. The van der Waals surface area contributed by atoms with Crippen LogP contribution in [0.2, 0.25) is 0 Å². The predicted molar refractivity (Wildman–Crippen MR) is 77.7 cm³/mol. The zero-order valence-electron chi connectivity index (χ0n) is 11.2. The predicted octanol–water partition coefficient (Wildman–Crippen LogP) is 5.20. The molecule has 1 aromatic rings. The summed E-state index contributed by atoms with van der Waals surface area (Å²) in [6, 6.07) is 4.99. The van der Waals surface area contributed by atoms with Crippen LogP contribution in [0.1, 0.15) is 51.0 Å². The summed E-state index contributed by atoms with van der Waals surface area (Å²) in [6.45, 7) is 2.70. The first kappa shape index (κ1) is 16.0. The number of nitriles is 1. The molecule has 0 aliphatic heterocycles. The maximum absolute atomic E-state index is 13.8. The fourth-order valence-corrected chi connectivity index (χ4v) is 2.21. The van der Waals surface area contributed by atoms with Gasteiger partial charge in [-0.05, 0) is 34.5 Å². The molecule has 1 aromatic carbocycles. The molecule has 104 valence electrons. The van der Waals surface area contributed by atoms with Gasteiger partial charge >= 0.3 is 0 Å². The summed E-state index contributed by atoms with van der Waals surface area (Å²) >= 11 is 3.06. The maximum atomic E-state index is 13.8. The summed E-state index contributed by atoms with van der Waals surface area (Å²) in [6.07, 6.45) is 7.02. The zero-order chi connectivity index (χ0) is 14.1. The molecular weight excluding hydrogens is 309 g/mol. The largest absolute Gasteiger partial charge is 0.490 e. The van der Waals surface area contributed by atoms with Crippen LogP contribution in [0.4, 0.5) is 4.39 Å². The van der Waals surface area contributed by atoms with E-state index in [2.05, 4.69) is 22.9 Å². The second-order valence-corrected chi connectivity index (χ2v) is 5.26. The van der Waals surface area contributed by atoms with Crippen molar-refractivity contribution in [2.24, 2.45) is 0 Å². The van der Waals surface area contributed by atoms with E-state index in [1.54, 1.807) is 6.07 Å². The molecule has 0 saturated carbocycles. The Bertz CT molecular complexity index is 443. The minimum Gasteiger partial charge on any atom is -0.490 e. The second-order valence-electron chi connectivity index (χ2n) is 4.47. The fraction of sp³-hybridized carbons (Fsp3) is 0.533. The highest BCUT2D eigenvalue weighted by atomic mass is 79.9. The Morgan fingerprint density at radius 2 is 1.89 bits per heavy atom. The summed E-state index contributed by atoms with van der Waals surface area (Å²) in [4.78, 5) is 0. The standard InChI is InChI=1S/C15H19BrFNO/c1-2-3-4-5-6-7-10-19-13-9-8-12(11-18)14(16)15(13)17/h8-9H,2-7,10H2,1H3. The van der Waals surface area contributed by atoms with Crippen molar-refractivity contribution in [1.82, 2.24) is 0 Å². The van der Waals surface area contributed by atoms with E-state index < -0.39 is 5.82 Å². The maximum Gasteiger partial charge on any atom is 0.180 e. The van der Waals surface area contributed by atoms with E-state index in [4.69, 9.17) is 10.00 Å². The topological polar surface area (TPSA) is 33.0 Å². The molecule has 0 aromatic heterocycles. The molecule has 0 atom stereocenters. The van der Waals surface area contributed by atoms with Crippen LogP contribution >= 0.6 is 15.9 Å². The van der Waals surface area contributed by atoms with Gasteiger partial charge in [-0.2, -0.15) is 5.26 Å². The van der Waals surface area contributed by atoms with Gasteiger partial charge in [0.25, 0.3) is 0 Å². The minimum atomic E-state index is -0.495. The van der Waals surface area contributed by atoms with Gasteiger partial charge in [0.05, 0.1) is 16.6 Å². The van der Waals surface area contributed by atoms with E-state index in [1.807, 2.05) is 6.07 Å². The van der Waals surface area contributed by atoms with Crippen LogP contribution in [0, 0.1) is 17.1 Å². The van der Waals surface area contributed by atoms with Crippen molar-refractivity contribution in [3.8, 4) is 11.8 Å². The molecule has 0 aliphatic rings. The third kappa shape index (κ3) is 5.20. The van der Waals surface area contributed by atoms with Crippen molar-refractivity contribution in [3.05, 3.63) is 28.0 Å². The van der Waals surface area contributed by atoms with Crippen molar-refractivity contribution < 1.29 is 9.13 Å². The van der Waals surface area contributed by atoms with Gasteiger partial charge in [-0.15, -0.1) is 0 Å². The molecule has 19 heavy (non-hydrogen) atoms. The van der Waals surface area contributed by atoms with Crippen LogP contribution in [-0.2, 0) is 0 Å². The zero-order valence-corrected chi connectivity index (χ0v) is 12.8. The number of ether oxygens (including phenoxy) is 1. The molecule has 0 radical (unpaired) electrons. The van der Waals surface area contributed by atoms with Gasteiger partial charge in [-0.25, -0.2) is 4.39 Å². The van der Waals surface area contributed by atoms with E-state index in [0.717, 1.165) is 12.8 Å². The lowest BCUT2D eigenvalue weighted by atomic mass is 10.1. The highest BCUT2D eigenvalue weighted by Crippen LogP contribution is 2.28. The molecule has 0 amide bonds. The number of benzene rings is 1. The molecule has 0 heterocycles. The quantitative estimate of drug-likeness (QED) is 0.615. The molecule has 0 unspecified atom stereocenters. The van der Waals surface area contributed by atoms with Crippen LogP contribution in [0.15, 0.2) is 16.6 Å². The molecule has 1 rings (SSSR count). The highest BCUT2D eigenvalue weighted by Gasteiger charge is 2.11. The summed E-state index contributed by atoms with van der Waals surface area (Å²) < 4.78 is 19.4. The Morgan fingerprint density at radius 3 is 2.58 bits per heavy atom. The first-order chi connectivity index (χ1) is 9.20. The summed E-state index contributed by atoms with van der Waals surface area (Å²) in [5.74, 6) is -0.288. The van der Waals surface area contributed by atoms with Crippen LogP contribution in [0.25, 0.3) is 0 Å². The van der Waals surface area contributed by atoms with E-state index in [9.17, 15) is 4.39 Å². The van der Waals surface area contributed by atoms with E-state index >= 15 is 0 Å². The van der Waals surface area contributed by atoms with Gasteiger partial charge < -0.3 is 4.74 Å². The Hall–Kier alpha value is -1.08. The van der Waals surface area contributed by atoms with Crippen molar-refractivity contribution in [2.45, 2.75) is 45.4 Å². The van der Waals surface area contributed by atoms with Crippen LogP contribution < -0.4 is 4.74 Å². The van der Waals surface area contributed by atoms with Crippen molar-refractivity contribution >= 4 is 15.9 Å². The fourth-order valence-electron chi connectivity index (χ4n) is 1.79. The monoisotopic (exact) mass is 327 g/mol.